The quantitative estimate of drug-likeness (QED) is 0.791. The highest BCUT2D eigenvalue weighted by atomic mass is 16.5. The van der Waals surface area contributed by atoms with Crippen LogP contribution in [0.5, 0.6) is 0 Å². The number of rotatable bonds is 1. The van der Waals surface area contributed by atoms with E-state index in [1.54, 1.807) is 0 Å². The molecule has 1 N–H and O–H groups in total. The van der Waals surface area contributed by atoms with Crippen molar-refractivity contribution in [1.82, 2.24) is 0 Å². The fourth-order valence-corrected chi connectivity index (χ4v) is 3.79. The van der Waals surface area contributed by atoms with Gasteiger partial charge in [-0.2, -0.15) is 5.26 Å². The molecule has 19 heavy (non-hydrogen) atoms. The molecule has 0 bridgehead atoms. The van der Waals surface area contributed by atoms with Gasteiger partial charge >= 0.3 is 0 Å². The molecule has 1 unspecified atom stereocenters. The van der Waals surface area contributed by atoms with E-state index in [-0.39, 0.29) is 0 Å². The first-order valence-corrected chi connectivity index (χ1v) is 7.54. The van der Waals surface area contributed by atoms with Crippen LogP contribution in [0.3, 0.4) is 0 Å². The van der Waals surface area contributed by atoms with E-state index in [0.717, 1.165) is 45.1 Å². The lowest BCUT2D eigenvalue weighted by molar-refractivity contribution is -0.145. The van der Waals surface area contributed by atoms with Crippen molar-refractivity contribution in [1.29, 1.82) is 5.26 Å². The lowest BCUT2D eigenvalue weighted by atomic mass is 9.59. The fourth-order valence-electron chi connectivity index (χ4n) is 3.79. The Balaban J connectivity index is 2.10. The van der Waals surface area contributed by atoms with Gasteiger partial charge in [-0.1, -0.05) is 20.8 Å². The summed E-state index contributed by atoms with van der Waals surface area (Å²) in [6.45, 7) is 7.94. The summed E-state index contributed by atoms with van der Waals surface area (Å²) in [5, 5.41) is 20.6. The molecular formula is C16H27NO2. The summed E-state index contributed by atoms with van der Waals surface area (Å²) in [7, 11) is 0. The standard InChI is InChI=1S/C16H27NO2/c1-14(2,3)13-5-8-16(18,9-6-13)15(11-17)7-4-10-19-12-15/h13,18H,4-10,12H2,1-3H3. The predicted octanol–water partition coefficient (Wildman–Crippen LogP) is 3.27. The highest BCUT2D eigenvalue weighted by Crippen LogP contribution is 2.50. The smallest absolute Gasteiger partial charge is 0.109 e. The van der Waals surface area contributed by atoms with Crippen LogP contribution < -0.4 is 0 Å². The molecule has 0 spiro atoms. The Hall–Kier alpha value is -0.590. The summed E-state index contributed by atoms with van der Waals surface area (Å²) < 4.78 is 5.51. The van der Waals surface area contributed by atoms with Crippen LogP contribution in [0.2, 0.25) is 0 Å². The van der Waals surface area contributed by atoms with Gasteiger partial charge in [0.2, 0.25) is 0 Å². The molecule has 2 fully saturated rings. The normalized spacial score (nSPS) is 40.7. The molecule has 2 aliphatic rings. The maximum atomic E-state index is 11.0. The molecule has 108 valence electrons. The Morgan fingerprint density at radius 3 is 2.26 bits per heavy atom. The minimum absolute atomic E-state index is 0.296. The van der Waals surface area contributed by atoms with Crippen molar-refractivity contribution in [3.8, 4) is 6.07 Å². The Kier molecular flexibility index (Phi) is 3.95. The van der Waals surface area contributed by atoms with E-state index in [1.807, 2.05) is 0 Å². The third-order valence-corrected chi connectivity index (χ3v) is 5.38. The van der Waals surface area contributed by atoms with Crippen molar-refractivity contribution in [3.63, 3.8) is 0 Å². The van der Waals surface area contributed by atoms with E-state index >= 15 is 0 Å². The Bertz CT molecular complexity index is 350. The van der Waals surface area contributed by atoms with E-state index in [9.17, 15) is 10.4 Å². The molecule has 1 saturated carbocycles. The van der Waals surface area contributed by atoms with Crippen LogP contribution in [0, 0.1) is 28.1 Å². The second-order valence-corrected chi connectivity index (χ2v) is 7.52. The largest absolute Gasteiger partial charge is 0.388 e. The number of nitrogens with zero attached hydrogens (tertiary/aromatic N) is 1. The Labute approximate surface area is 117 Å². The zero-order valence-electron chi connectivity index (χ0n) is 12.5. The number of aliphatic hydroxyl groups is 1. The van der Waals surface area contributed by atoms with E-state index in [1.165, 1.54) is 0 Å². The third kappa shape index (κ3) is 2.66. The molecule has 2 rings (SSSR count). The summed E-state index contributed by atoms with van der Waals surface area (Å²) in [5.41, 5.74) is -1.22. The highest BCUT2D eigenvalue weighted by molar-refractivity contribution is 5.14. The molecule has 3 heteroatoms. The second kappa shape index (κ2) is 5.07. The Morgan fingerprint density at radius 2 is 1.84 bits per heavy atom. The van der Waals surface area contributed by atoms with E-state index in [2.05, 4.69) is 26.8 Å². The SMILES string of the molecule is CC(C)(C)C1CCC(O)(C2(C#N)CCCOC2)CC1. The van der Waals surface area contributed by atoms with Gasteiger partial charge in [0.1, 0.15) is 5.41 Å². The summed E-state index contributed by atoms with van der Waals surface area (Å²) >= 11 is 0. The van der Waals surface area contributed by atoms with Crippen molar-refractivity contribution in [2.75, 3.05) is 13.2 Å². The Morgan fingerprint density at radius 1 is 1.21 bits per heavy atom. The zero-order valence-corrected chi connectivity index (χ0v) is 12.5. The van der Waals surface area contributed by atoms with Crippen LogP contribution in [0.15, 0.2) is 0 Å². The van der Waals surface area contributed by atoms with Gasteiger partial charge in [0.05, 0.1) is 18.3 Å². The number of hydrogen-bond acceptors (Lipinski definition) is 3. The average Bonchev–Trinajstić information content (AvgIpc) is 2.39. The summed E-state index contributed by atoms with van der Waals surface area (Å²) in [4.78, 5) is 0. The molecule has 1 saturated heterocycles. The van der Waals surface area contributed by atoms with Crippen LogP contribution in [-0.2, 0) is 4.74 Å². The first kappa shape index (κ1) is 14.8. The zero-order chi connectivity index (χ0) is 14.1. The van der Waals surface area contributed by atoms with Gasteiger partial charge in [-0.15, -0.1) is 0 Å². The van der Waals surface area contributed by atoms with Gasteiger partial charge in [0, 0.05) is 6.61 Å². The van der Waals surface area contributed by atoms with Gasteiger partial charge in [0.25, 0.3) is 0 Å². The molecule has 1 aliphatic heterocycles. The molecule has 1 aliphatic carbocycles. The maximum absolute atomic E-state index is 11.0. The molecule has 0 aromatic carbocycles. The molecule has 1 atom stereocenters. The lowest BCUT2D eigenvalue weighted by Crippen LogP contribution is -2.54. The summed E-state index contributed by atoms with van der Waals surface area (Å²) in [6.07, 6.45) is 5.18. The van der Waals surface area contributed by atoms with Crippen LogP contribution in [0.1, 0.15) is 59.3 Å². The van der Waals surface area contributed by atoms with Crippen molar-refractivity contribution in [2.24, 2.45) is 16.7 Å². The monoisotopic (exact) mass is 265 g/mol. The molecule has 3 nitrogen and oxygen atoms in total. The van der Waals surface area contributed by atoms with Crippen molar-refractivity contribution >= 4 is 0 Å². The van der Waals surface area contributed by atoms with E-state index < -0.39 is 11.0 Å². The maximum Gasteiger partial charge on any atom is 0.109 e. The first-order valence-electron chi connectivity index (χ1n) is 7.54. The minimum atomic E-state index is -0.843. The molecular weight excluding hydrogens is 238 g/mol. The summed E-state index contributed by atoms with van der Waals surface area (Å²) in [5.74, 6) is 0.646. The average molecular weight is 265 g/mol. The second-order valence-electron chi connectivity index (χ2n) is 7.52. The summed E-state index contributed by atoms with van der Waals surface area (Å²) in [6, 6.07) is 2.41. The van der Waals surface area contributed by atoms with Crippen LogP contribution >= 0.6 is 0 Å². The van der Waals surface area contributed by atoms with E-state index in [0.29, 0.717) is 17.9 Å². The predicted molar refractivity (Wildman–Crippen MR) is 74.5 cm³/mol. The molecule has 0 amide bonds. The van der Waals surface area contributed by atoms with Gasteiger partial charge in [-0.05, 0) is 49.9 Å². The molecule has 1 heterocycles. The minimum Gasteiger partial charge on any atom is -0.388 e. The topological polar surface area (TPSA) is 53.2 Å². The van der Waals surface area contributed by atoms with Gasteiger partial charge in [-0.3, -0.25) is 0 Å². The van der Waals surface area contributed by atoms with Gasteiger partial charge < -0.3 is 9.84 Å². The number of hydrogen-bond donors (Lipinski definition) is 1. The van der Waals surface area contributed by atoms with Crippen molar-refractivity contribution in [2.45, 2.75) is 64.9 Å². The number of ether oxygens (including phenoxy) is 1. The lowest BCUT2D eigenvalue weighted by Gasteiger charge is -2.49. The van der Waals surface area contributed by atoms with Crippen molar-refractivity contribution < 1.29 is 9.84 Å². The van der Waals surface area contributed by atoms with Crippen molar-refractivity contribution in [3.05, 3.63) is 0 Å². The number of nitriles is 1. The fraction of sp³-hybridized carbons (Fsp3) is 0.938. The van der Waals surface area contributed by atoms with Crippen LogP contribution in [0.4, 0.5) is 0 Å². The van der Waals surface area contributed by atoms with Crippen LogP contribution in [-0.4, -0.2) is 23.9 Å². The van der Waals surface area contributed by atoms with E-state index in [4.69, 9.17) is 4.74 Å². The highest BCUT2D eigenvalue weighted by Gasteiger charge is 2.53. The van der Waals surface area contributed by atoms with Crippen LogP contribution in [0.25, 0.3) is 0 Å². The third-order valence-electron chi connectivity index (χ3n) is 5.38. The first-order chi connectivity index (χ1) is 8.83. The van der Waals surface area contributed by atoms with Gasteiger partial charge in [0.15, 0.2) is 0 Å². The molecule has 0 radical (unpaired) electrons. The molecule has 0 aromatic rings. The van der Waals surface area contributed by atoms with Gasteiger partial charge in [-0.25, -0.2) is 0 Å². The molecule has 0 aromatic heterocycles.